The second-order valence-electron chi connectivity index (χ2n) is 4.97. The van der Waals surface area contributed by atoms with Gasteiger partial charge in [0.15, 0.2) is 0 Å². The van der Waals surface area contributed by atoms with E-state index >= 15 is 0 Å². The Balaban J connectivity index is 2.06. The van der Waals surface area contributed by atoms with E-state index in [1.165, 1.54) is 37.7 Å². The van der Waals surface area contributed by atoms with Gasteiger partial charge in [0, 0.05) is 32.9 Å². The molecule has 0 radical (unpaired) electrons. The van der Waals surface area contributed by atoms with Crippen LogP contribution in [0.5, 0.6) is 0 Å². The zero-order valence-corrected chi connectivity index (χ0v) is 12.3. The molecule has 106 valence electrons. The van der Waals surface area contributed by atoms with Crippen molar-refractivity contribution in [1.82, 2.24) is 9.31 Å². The molecule has 1 aliphatic rings. The van der Waals surface area contributed by atoms with Crippen LogP contribution in [0.4, 0.5) is 5.69 Å². The zero-order valence-electron chi connectivity index (χ0n) is 11.5. The third-order valence-corrected chi connectivity index (χ3v) is 5.11. The molecular formula is C13H21N3O2S. The van der Waals surface area contributed by atoms with Gasteiger partial charge in [-0.25, -0.2) is 17.7 Å². The Hall–Kier alpha value is -1.11. The maximum Gasteiger partial charge on any atom is 0.242 e. The van der Waals surface area contributed by atoms with E-state index in [1.807, 2.05) is 12.1 Å². The van der Waals surface area contributed by atoms with Crippen LogP contribution in [0.1, 0.15) is 19.3 Å². The van der Waals surface area contributed by atoms with Crippen LogP contribution in [0.2, 0.25) is 0 Å². The molecule has 0 unspecified atom stereocenters. The van der Waals surface area contributed by atoms with E-state index < -0.39 is 10.0 Å². The summed E-state index contributed by atoms with van der Waals surface area (Å²) < 4.78 is 25.1. The van der Waals surface area contributed by atoms with E-state index in [0.717, 1.165) is 18.8 Å². The van der Waals surface area contributed by atoms with E-state index in [9.17, 15) is 8.42 Å². The molecule has 1 aliphatic heterocycles. The van der Waals surface area contributed by atoms with Crippen molar-refractivity contribution < 1.29 is 8.42 Å². The van der Waals surface area contributed by atoms with Crippen molar-refractivity contribution in [3.63, 3.8) is 0 Å². The van der Waals surface area contributed by atoms with Gasteiger partial charge in [-0.3, -0.25) is 0 Å². The summed E-state index contributed by atoms with van der Waals surface area (Å²) in [7, 11) is -0.261. The monoisotopic (exact) mass is 283 g/mol. The molecule has 1 aromatic carbocycles. The second kappa shape index (κ2) is 5.90. The summed E-state index contributed by atoms with van der Waals surface area (Å²) in [5, 5.41) is 2.18. The fourth-order valence-electron chi connectivity index (χ4n) is 2.10. The van der Waals surface area contributed by atoms with Crippen molar-refractivity contribution in [3.05, 3.63) is 24.3 Å². The number of nitrogens with zero attached hydrogens (tertiary/aromatic N) is 2. The number of rotatable bonds is 4. The number of piperidine rings is 1. The van der Waals surface area contributed by atoms with E-state index in [-0.39, 0.29) is 0 Å². The molecule has 0 aromatic heterocycles. The van der Waals surface area contributed by atoms with Gasteiger partial charge in [-0.05, 0) is 37.1 Å². The molecule has 0 bridgehead atoms. The van der Waals surface area contributed by atoms with Gasteiger partial charge in [-0.1, -0.05) is 6.42 Å². The van der Waals surface area contributed by atoms with Crippen LogP contribution in [0.3, 0.4) is 0 Å². The van der Waals surface area contributed by atoms with Crippen LogP contribution >= 0.6 is 0 Å². The third kappa shape index (κ3) is 3.46. The minimum Gasteiger partial charge on any atom is -0.319 e. The lowest BCUT2D eigenvalue weighted by Gasteiger charge is -2.27. The second-order valence-corrected chi connectivity index (χ2v) is 7.12. The Kier molecular flexibility index (Phi) is 4.44. The molecule has 0 spiro atoms. The summed E-state index contributed by atoms with van der Waals surface area (Å²) in [5.41, 5.74) is 4.24. The molecule has 0 atom stereocenters. The molecule has 0 saturated carbocycles. The predicted octanol–water partition coefficient (Wildman–Crippen LogP) is 1.75. The van der Waals surface area contributed by atoms with Gasteiger partial charge < -0.3 is 5.43 Å². The lowest BCUT2D eigenvalue weighted by atomic mass is 10.2. The third-order valence-electron chi connectivity index (χ3n) is 3.28. The molecule has 2 rings (SSSR count). The Morgan fingerprint density at radius 2 is 1.63 bits per heavy atom. The summed E-state index contributed by atoms with van der Waals surface area (Å²) in [6.45, 7) is 2.08. The van der Waals surface area contributed by atoms with Gasteiger partial charge in [0.25, 0.3) is 0 Å². The average molecular weight is 283 g/mol. The number of benzene rings is 1. The molecule has 0 aliphatic carbocycles. The van der Waals surface area contributed by atoms with Crippen molar-refractivity contribution in [2.45, 2.75) is 24.2 Å². The molecule has 1 heterocycles. The first kappa shape index (κ1) is 14.3. The van der Waals surface area contributed by atoms with E-state index in [2.05, 4.69) is 10.4 Å². The number of nitrogens with one attached hydrogen (secondary N) is 1. The fraction of sp³-hybridized carbons (Fsp3) is 0.538. The van der Waals surface area contributed by atoms with Crippen LogP contribution in [-0.4, -0.2) is 44.9 Å². The highest BCUT2D eigenvalue weighted by Gasteiger charge is 2.17. The quantitative estimate of drug-likeness (QED) is 0.914. The Bertz CT molecular complexity index is 505. The van der Waals surface area contributed by atoms with Gasteiger partial charge in [0.05, 0.1) is 4.90 Å². The molecule has 1 fully saturated rings. The normalized spacial score (nSPS) is 17.6. The van der Waals surface area contributed by atoms with Gasteiger partial charge in [-0.15, -0.1) is 0 Å². The molecule has 1 aromatic rings. The predicted molar refractivity (Wildman–Crippen MR) is 76.4 cm³/mol. The standard InChI is InChI=1S/C13H21N3O2S/c1-15(2)19(17,18)13-8-6-12(7-9-13)14-16-10-4-3-5-11-16/h6-9,14H,3-5,10-11H2,1-2H3. The average Bonchev–Trinajstić information content (AvgIpc) is 2.40. The molecule has 6 heteroatoms. The highest BCUT2D eigenvalue weighted by atomic mass is 32.2. The first-order chi connectivity index (χ1) is 9.00. The minimum absolute atomic E-state index is 0.321. The highest BCUT2D eigenvalue weighted by Crippen LogP contribution is 2.18. The number of anilines is 1. The molecule has 5 nitrogen and oxygen atoms in total. The van der Waals surface area contributed by atoms with Crippen molar-refractivity contribution in [2.24, 2.45) is 0 Å². The Morgan fingerprint density at radius 3 is 2.16 bits per heavy atom. The molecular weight excluding hydrogens is 262 g/mol. The van der Waals surface area contributed by atoms with Crippen molar-refractivity contribution in [2.75, 3.05) is 32.6 Å². The molecule has 1 N–H and O–H groups in total. The topological polar surface area (TPSA) is 52.7 Å². The number of hydrogen-bond acceptors (Lipinski definition) is 4. The van der Waals surface area contributed by atoms with E-state index in [1.54, 1.807) is 12.1 Å². The molecule has 19 heavy (non-hydrogen) atoms. The summed E-state index contributed by atoms with van der Waals surface area (Å²) in [5.74, 6) is 0. The van der Waals surface area contributed by atoms with E-state index in [4.69, 9.17) is 0 Å². The van der Waals surface area contributed by atoms with Crippen molar-refractivity contribution in [3.8, 4) is 0 Å². The van der Waals surface area contributed by atoms with Crippen LogP contribution in [0.15, 0.2) is 29.2 Å². The van der Waals surface area contributed by atoms with E-state index in [0.29, 0.717) is 4.90 Å². The van der Waals surface area contributed by atoms with Gasteiger partial charge in [-0.2, -0.15) is 0 Å². The van der Waals surface area contributed by atoms with Crippen LogP contribution < -0.4 is 5.43 Å². The van der Waals surface area contributed by atoms with Crippen molar-refractivity contribution >= 4 is 15.7 Å². The maximum atomic E-state index is 11.9. The molecule has 0 amide bonds. The smallest absolute Gasteiger partial charge is 0.242 e. The summed E-state index contributed by atoms with van der Waals surface area (Å²) in [6, 6.07) is 6.90. The summed E-state index contributed by atoms with van der Waals surface area (Å²) >= 11 is 0. The number of hydrazine groups is 1. The SMILES string of the molecule is CN(C)S(=O)(=O)c1ccc(NN2CCCCC2)cc1. The summed E-state index contributed by atoms with van der Waals surface area (Å²) in [4.78, 5) is 0.321. The Labute approximate surface area is 115 Å². The van der Waals surface area contributed by atoms with Crippen LogP contribution in [-0.2, 0) is 10.0 Å². The highest BCUT2D eigenvalue weighted by molar-refractivity contribution is 7.89. The van der Waals surface area contributed by atoms with Crippen molar-refractivity contribution in [1.29, 1.82) is 0 Å². The lowest BCUT2D eigenvalue weighted by Crippen LogP contribution is -2.34. The minimum atomic E-state index is -3.33. The first-order valence-electron chi connectivity index (χ1n) is 6.54. The maximum absolute atomic E-state index is 11.9. The van der Waals surface area contributed by atoms with Crippen LogP contribution in [0, 0.1) is 0 Å². The largest absolute Gasteiger partial charge is 0.319 e. The summed E-state index contributed by atoms with van der Waals surface area (Å²) in [6.07, 6.45) is 3.71. The fourth-order valence-corrected chi connectivity index (χ4v) is 3.00. The zero-order chi connectivity index (χ0) is 13.9. The van der Waals surface area contributed by atoms with Gasteiger partial charge in [0.2, 0.25) is 10.0 Å². The first-order valence-corrected chi connectivity index (χ1v) is 7.98. The number of hydrogen-bond donors (Lipinski definition) is 1. The van der Waals surface area contributed by atoms with Gasteiger partial charge >= 0.3 is 0 Å². The van der Waals surface area contributed by atoms with Gasteiger partial charge in [0.1, 0.15) is 0 Å². The van der Waals surface area contributed by atoms with Crippen LogP contribution in [0.25, 0.3) is 0 Å². The number of sulfonamides is 1. The lowest BCUT2D eigenvalue weighted by molar-refractivity contribution is 0.273. The molecule has 1 saturated heterocycles. The Morgan fingerprint density at radius 1 is 1.05 bits per heavy atom.